The number of amides is 2. The van der Waals surface area contributed by atoms with Gasteiger partial charge in [0.1, 0.15) is 6.54 Å². The van der Waals surface area contributed by atoms with Gasteiger partial charge < -0.3 is 24.8 Å². The molecule has 2 aromatic rings. The second-order valence-electron chi connectivity index (χ2n) is 6.74. The number of hydrogen-bond donors (Lipinski definition) is 2. The zero-order valence-electron chi connectivity index (χ0n) is 17.9. The van der Waals surface area contributed by atoms with Crippen molar-refractivity contribution in [3.05, 3.63) is 59.7 Å². The van der Waals surface area contributed by atoms with Gasteiger partial charge in [-0.25, -0.2) is 0 Å². The summed E-state index contributed by atoms with van der Waals surface area (Å²) in [6, 6.07) is 11.7. The van der Waals surface area contributed by atoms with E-state index in [1.54, 1.807) is 43.5 Å². The Kier molecular flexibility index (Phi) is 8.63. The van der Waals surface area contributed by atoms with Gasteiger partial charge in [0.2, 0.25) is 5.91 Å². The van der Waals surface area contributed by atoms with E-state index in [1.165, 1.54) is 19.3 Å². The number of ether oxygens (including phenoxy) is 3. The largest absolute Gasteiger partial charge is 0.493 e. The smallest absolute Gasteiger partial charge is 0.325 e. The average Bonchev–Trinajstić information content (AvgIpc) is 2.76. The van der Waals surface area contributed by atoms with Crippen molar-refractivity contribution in [1.82, 2.24) is 5.32 Å². The molecule has 164 valence electrons. The summed E-state index contributed by atoms with van der Waals surface area (Å²) in [6.45, 7) is 3.61. The first-order valence-corrected chi connectivity index (χ1v) is 9.61. The molecular formula is C23H26N2O6. The number of benzene rings is 2. The summed E-state index contributed by atoms with van der Waals surface area (Å²) in [4.78, 5) is 35.5. The third-order valence-electron chi connectivity index (χ3n) is 3.99. The highest BCUT2D eigenvalue weighted by molar-refractivity contribution is 6.03. The fourth-order valence-electron chi connectivity index (χ4n) is 2.56. The summed E-state index contributed by atoms with van der Waals surface area (Å²) in [6.07, 6.45) is 3.03. The lowest BCUT2D eigenvalue weighted by atomic mass is 10.1. The van der Waals surface area contributed by atoms with E-state index >= 15 is 0 Å². The van der Waals surface area contributed by atoms with Crippen LogP contribution in [0.15, 0.2) is 48.5 Å². The molecule has 2 amide bonds. The van der Waals surface area contributed by atoms with Crippen LogP contribution in [0.4, 0.5) is 5.69 Å². The highest BCUT2D eigenvalue weighted by atomic mass is 16.5. The SMILES string of the molecule is COC(=O)CNC(=O)c1cccc(NC(=O)C=Cc2ccc(OC(C)C)c(OC)c2)c1. The van der Waals surface area contributed by atoms with E-state index in [4.69, 9.17) is 9.47 Å². The molecule has 0 fully saturated rings. The summed E-state index contributed by atoms with van der Waals surface area (Å²) < 4.78 is 15.5. The number of hydrogen-bond acceptors (Lipinski definition) is 6. The molecule has 0 radical (unpaired) electrons. The summed E-state index contributed by atoms with van der Waals surface area (Å²) in [5.41, 5.74) is 1.51. The topological polar surface area (TPSA) is 103 Å². The third kappa shape index (κ3) is 7.50. The normalized spacial score (nSPS) is 10.6. The molecule has 0 aliphatic rings. The molecular weight excluding hydrogens is 400 g/mol. The predicted octanol–water partition coefficient (Wildman–Crippen LogP) is 3.04. The van der Waals surface area contributed by atoms with E-state index in [1.807, 2.05) is 19.9 Å². The van der Waals surface area contributed by atoms with Gasteiger partial charge in [0.15, 0.2) is 11.5 Å². The Morgan fingerprint density at radius 2 is 1.81 bits per heavy atom. The molecule has 2 aromatic carbocycles. The van der Waals surface area contributed by atoms with E-state index in [0.717, 1.165) is 5.56 Å². The monoisotopic (exact) mass is 426 g/mol. The van der Waals surface area contributed by atoms with Gasteiger partial charge in [-0.2, -0.15) is 0 Å². The summed E-state index contributed by atoms with van der Waals surface area (Å²) in [5, 5.41) is 5.14. The second-order valence-corrected chi connectivity index (χ2v) is 6.74. The van der Waals surface area contributed by atoms with Gasteiger partial charge >= 0.3 is 5.97 Å². The highest BCUT2D eigenvalue weighted by Gasteiger charge is 2.10. The van der Waals surface area contributed by atoms with Crippen LogP contribution in [0.5, 0.6) is 11.5 Å². The van der Waals surface area contributed by atoms with Crippen molar-refractivity contribution in [2.75, 3.05) is 26.1 Å². The predicted molar refractivity (Wildman–Crippen MR) is 117 cm³/mol. The Morgan fingerprint density at radius 1 is 1.03 bits per heavy atom. The minimum Gasteiger partial charge on any atom is -0.493 e. The molecule has 31 heavy (non-hydrogen) atoms. The summed E-state index contributed by atoms with van der Waals surface area (Å²) in [7, 11) is 2.79. The maximum atomic E-state index is 12.3. The van der Waals surface area contributed by atoms with Gasteiger partial charge in [-0.15, -0.1) is 0 Å². The molecule has 0 spiro atoms. The molecule has 0 aromatic heterocycles. The molecule has 8 heteroatoms. The molecule has 0 heterocycles. The van der Waals surface area contributed by atoms with Crippen LogP contribution < -0.4 is 20.1 Å². The van der Waals surface area contributed by atoms with Crippen LogP contribution >= 0.6 is 0 Å². The van der Waals surface area contributed by atoms with Gasteiger partial charge in [0.05, 0.1) is 20.3 Å². The number of esters is 1. The minimum absolute atomic E-state index is 0.0133. The van der Waals surface area contributed by atoms with Crippen molar-refractivity contribution >= 4 is 29.5 Å². The van der Waals surface area contributed by atoms with Crippen LogP contribution in [-0.4, -0.2) is 44.7 Å². The Bertz CT molecular complexity index is 968. The van der Waals surface area contributed by atoms with Crippen LogP contribution in [0.25, 0.3) is 6.08 Å². The third-order valence-corrected chi connectivity index (χ3v) is 3.99. The number of methoxy groups -OCH3 is 2. The molecule has 2 rings (SSSR count). The molecule has 0 saturated carbocycles. The van der Waals surface area contributed by atoms with Gasteiger partial charge in [0, 0.05) is 17.3 Å². The Morgan fingerprint density at radius 3 is 2.48 bits per heavy atom. The van der Waals surface area contributed by atoms with Gasteiger partial charge in [-0.05, 0) is 55.8 Å². The zero-order chi connectivity index (χ0) is 22.8. The fraction of sp³-hybridized carbons (Fsp3) is 0.261. The van der Waals surface area contributed by atoms with E-state index < -0.39 is 11.9 Å². The molecule has 0 saturated heterocycles. The lowest BCUT2D eigenvalue weighted by molar-refractivity contribution is -0.139. The van der Waals surface area contributed by atoms with Crippen molar-refractivity contribution < 1.29 is 28.6 Å². The quantitative estimate of drug-likeness (QED) is 0.472. The molecule has 0 unspecified atom stereocenters. The Hall–Kier alpha value is -3.81. The molecule has 2 N–H and O–H groups in total. The van der Waals surface area contributed by atoms with E-state index in [0.29, 0.717) is 22.7 Å². The van der Waals surface area contributed by atoms with Crippen molar-refractivity contribution in [1.29, 1.82) is 0 Å². The number of carbonyl (C=O) groups is 3. The van der Waals surface area contributed by atoms with E-state index in [2.05, 4.69) is 15.4 Å². The molecule has 8 nitrogen and oxygen atoms in total. The molecule has 0 aliphatic heterocycles. The lowest BCUT2D eigenvalue weighted by Crippen LogP contribution is -2.30. The fourth-order valence-corrected chi connectivity index (χ4v) is 2.56. The summed E-state index contributed by atoms with van der Waals surface area (Å²) in [5.74, 6) is -0.173. The van der Waals surface area contributed by atoms with E-state index in [-0.39, 0.29) is 18.6 Å². The number of nitrogens with one attached hydrogen (secondary N) is 2. The number of rotatable bonds is 9. The van der Waals surface area contributed by atoms with Gasteiger partial charge in [-0.3, -0.25) is 14.4 Å². The van der Waals surface area contributed by atoms with Crippen LogP contribution in [0, 0.1) is 0 Å². The second kappa shape index (κ2) is 11.4. The summed E-state index contributed by atoms with van der Waals surface area (Å²) >= 11 is 0. The van der Waals surface area contributed by atoms with Crippen LogP contribution in [0.3, 0.4) is 0 Å². The zero-order valence-corrected chi connectivity index (χ0v) is 17.9. The van der Waals surface area contributed by atoms with Crippen molar-refractivity contribution in [3.8, 4) is 11.5 Å². The number of anilines is 1. The molecule has 0 atom stereocenters. The van der Waals surface area contributed by atoms with Crippen LogP contribution in [-0.2, 0) is 14.3 Å². The van der Waals surface area contributed by atoms with Gasteiger partial charge in [0.25, 0.3) is 5.91 Å². The maximum Gasteiger partial charge on any atom is 0.325 e. The maximum absolute atomic E-state index is 12.3. The highest BCUT2D eigenvalue weighted by Crippen LogP contribution is 2.29. The Balaban J connectivity index is 2.01. The first-order chi connectivity index (χ1) is 14.8. The van der Waals surface area contributed by atoms with Gasteiger partial charge in [-0.1, -0.05) is 12.1 Å². The standard InChI is InChI=1S/C23H26N2O6/c1-15(2)31-19-10-8-16(12-20(19)29-3)9-11-21(26)25-18-7-5-6-17(13-18)23(28)24-14-22(27)30-4/h5-13,15H,14H2,1-4H3,(H,24,28)(H,25,26). The van der Waals surface area contributed by atoms with Crippen molar-refractivity contribution in [2.45, 2.75) is 20.0 Å². The molecule has 0 aliphatic carbocycles. The molecule has 0 bridgehead atoms. The number of carbonyl (C=O) groups excluding carboxylic acids is 3. The first-order valence-electron chi connectivity index (χ1n) is 9.61. The van der Waals surface area contributed by atoms with Crippen molar-refractivity contribution in [2.24, 2.45) is 0 Å². The van der Waals surface area contributed by atoms with Crippen molar-refractivity contribution in [3.63, 3.8) is 0 Å². The lowest BCUT2D eigenvalue weighted by Gasteiger charge is -2.13. The Labute approximate surface area is 181 Å². The average molecular weight is 426 g/mol. The van der Waals surface area contributed by atoms with Crippen LogP contribution in [0.2, 0.25) is 0 Å². The first kappa shape index (κ1) is 23.5. The van der Waals surface area contributed by atoms with E-state index in [9.17, 15) is 14.4 Å². The minimum atomic E-state index is -0.552. The van der Waals surface area contributed by atoms with Crippen LogP contribution in [0.1, 0.15) is 29.8 Å².